The first-order chi connectivity index (χ1) is 8.98. The Hall–Kier alpha value is -0.990. The number of aryl methyl sites for hydroxylation is 1. The average Bonchev–Trinajstić information content (AvgIpc) is 2.66. The van der Waals surface area contributed by atoms with Crippen LogP contribution >= 0.6 is 0 Å². The Balaban J connectivity index is 2.63. The molecule has 0 fully saturated rings. The molecule has 1 aromatic heterocycles. The predicted molar refractivity (Wildman–Crippen MR) is 83.7 cm³/mol. The molecular formula is C16H31N3. The molecule has 110 valence electrons. The van der Waals surface area contributed by atoms with E-state index in [1.807, 2.05) is 0 Å². The molecule has 1 rings (SSSR count). The Morgan fingerprint density at radius 1 is 1.21 bits per heavy atom. The summed E-state index contributed by atoms with van der Waals surface area (Å²) < 4.78 is 2.29. The quantitative estimate of drug-likeness (QED) is 0.660. The zero-order chi connectivity index (χ0) is 14.3. The molecule has 1 aromatic rings. The van der Waals surface area contributed by atoms with Crippen LogP contribution in [0.2, 0.25) is 0 Å². The maximum Gasteiger partial charge on any atom is 0.203 e. The fourth-order valence-electron chi connectivity index (χ4n) is 2.44. The van der Waals surface area contributed by atoms with Crippen LogP contribution in [-0.4, -0.2) is 16.1 Å². The van der Waals surface area contributed by atoms with E-state index >= 15 is 0 Å². The molecular weight excluding hydrogens is 234 g/mol. The minimum atomic E-state index is 0.338. The molecule has 0 unspecified atom stereocenters. The van der Waals surface area contributed by atoms with Crippen molar-refractivity contribution in [2.75, 3.05) is 11.9 Å². The van der Waals surface area contributed by atoms with Gasteiger partial charge in [-0.05, 0) is 25.2 Å². The first kappa shape index (κ1) is 16.1. The zero-order valence-corrected chi connectivity index (χ0v) is 13.4. The van der Waals surface area contributed by atoms with Crippen molar-refractivity contribution in [1.82, 2.24) is 9.55 Å². The second kappa shape index (κ2) is 7.56. The normalized spacial score (nSPS) is 11.8. The van der Waals surface area contributed by atoms with Crippen LogP contribution < -0.4 is 5.32 Å². The molecule has 0 bridgehead atoms. The lowest BCUT2D eigenvalue weighted by atomic mass is 9.87. The average molecular weight is 265 g/mol. The minimum Gasteiger partial charge on any atom is -0.356 e. The molecule has 3 nitrogen and oxygen atoms in total. The van der Waals surface area contributed by atoms with Gasteiger partial charge in [-0.15, -0.1) is 0 Å². The molecule has 0 atom stereocenters. The van der Waals surface area contributed by atoms with Crippen molar-refractivity contribution in [2.45, 2.75) is 73.3 Å². The van der Waals surface area contributed by atoms with Crippen molar-refractivity contribution < 1.29 is 0 Å². The molecule has 0 amide bonds. The van der Waals surface area contributed by atoms with Gasteiger partial charge in [0.05, 0.1) is 5.69 Å². The van der Waals surface area contributed by atoms with E-state index in [0.29, 0.717) is 5.41 Å². The van der Waals surface area contributed by atoms with Crippen LogP contribution in [0, 0.1) is 12.3 Å². The van der Waals surface area contributed by atoms with Crippen LogP contribution in [0.1, 0.15) is 65.5 Å². The molecule has 0 aliphatic rings. The van der Waals surface area contributed by atoms with Gasteiger partial charge in [-0.2, -0.15) is 0 Å². The van der Waals surface area contributed by atoms with Gasteiger partial charge in [-0.25, -0.2) is 4.98 Å². The summed E-state index contributed by atoms with van der Waals surface area (Å²) in [7, 11) is 0. The highest BCUT2D eigenvalue weighted by Crippen LogP contribution is 2.27. The molecule has 1 heterocycles. The molecule has 19 heavy (non-hydrogen) atoms. The highest BCUT2D eigenvalue weighted by molar-refractivity contribution is 5.28. The molecule has 0 aliphatic carbocycles. The maximum atomic E-state index is 4.58. The summed E-state index contributed by atoms with van der Waals surface area (Å²) in [6.07, 6.45) is 8.54. The minimum absolute atomic E-state index is 0.338. The third kappa shape index (κ3) is 5.66. The van der Waals surface area contributed by atoms with Gasteiger partial charge in [0.15, 0.2) is 0 Å². The summed E-state index contributed by atoms with van der Waals surface area (Å²) in [5, 5.41) is 3.43. The Kier molecular flexibility index (Phi) is 6.40. The van der Waals surface area contributed by atoms with Gasteiger partial charge in [0.2, 0.25) is 5.95 Å². The highest BCUT2D eigenvalue weighted by Gasteiger charge is 2.20. The van der Waals surface area contributed by atoms with Crippen LogP contribution in [0.3, 0.4) is 0 Å². The van der Waals surface area contributed by atoms with Gasteiger partial charge >= 0.3 is 0 Å². The highest BCUT2D eigenvalue weighted by atomic mass is 15.2. The van der Waals surface area contributed by atoms with Crippen LogP contribution in [-0.2, 0) is 6.54 Å². The van der Waals surface area contributed by atoms with Crippen molar-refractivity contribution >= 4 is 5.95 Å². The van der Waals surface area contributed by atoms with Gasteiger partial charge in [0.25, 0.3) is 0 Å². The summed E-state index contributed by atoms with van der Waals surface area (Å²) in [6, 6.07) is 0. The standard InChI is InChI=1S/C16H31N3/c1-6-8-9-10-16(4,5)13-19-12-14(3)18-15(19)17-11-7-2/h12H,6-11,13H2,1-5H3,(H,17,18). The van der Waals surface area contributed by atoms with Crippen molar-refractivity contribution in [1.29, 1.82) is 0 Å². The maximum absolute atomic E-state index is 4.58. The molecule has 0 saturated heterocycles. The van der Waals surface area contributed by atoms with E-state index in [2.05, 4.69) is 55.7 Å². The van der Waals surface area contributed by atoms with Crippen LogP contribution in [0.4, 0.5) is 5.95 Å². The third-order valence-corrected chi connectivity index (χ3v) is 3.49. The van der Waals surface area contributed by atoms with E-state index in [1.165, 1.54) is 25.7 Å². The lowest BCUT2D eigenvalue weighted by Crippen LogP contribution is -2.21. The largest absolute Gasteiger partial charge is 0.356 e. The number of unbranched alkanes of at least 4 members (excludes halogenated alkanes) is 2. The number of anilines is 1. The van der Waals surface area contributed by atoms with Gasteiger partial charge in [-0.1, -0.05) is 47.0 Å². The molecule has 0 saturated carbocycles. The molecule has 3 heteroatoms. The number of nitrogens with one attached hydrogen (secondary N) is 1. The van der Waals surface area contributed by atoms with E-state index in [-0.39, 0.29) is 0 Å². The summed E-state index contributed by atoms with van der Waals surface area (Å²) in [4.78, 5) is 4.58. The topological polar surface area (TPSA) is 29.9 Å². The van der Waals surface area contributed by atoms with E-state index < -0.39 is 0 Å². The summed E-state index contributed by atoms with van der Waals surface area (Å²) in [6.45, 7) is 13.3. The number of nitrogens with zero attached hydrogens (tertiary/aromatic N) is 2. The van der Waals surface area contributed by atoms with Crippen molar-refractivity contribution in [3.05, 3.63) is 11.9 Å². The Bertz CT molecular complexity index is 366. The van der Waals surface area contributed by atoms with Crippen LogP contribution in [0.5, 0.6) is 0 Å². The van der Waals surface area contributed by atoms with Crippen molar-refractivity contribution in [2.24, 2.45) is 5.41 Å². The molecule has 0 aliphatic heterocycles. The van der Waals surface area contributed by atoms with Gasteiger partial charge in [0.1, 0.15) is 0 Å². The third-order valence-electron chi connectivity index (χ3n) is 3.49. The predicted octanol–water partition coefficient (Wildman–Crippen LogP) is 4.62. The number of hydrogen-bond donors (Lipinski definition) is 1. The summed E-state index contributed by atoms with van der Waals surface area (Å²) in [5.74, 6) is 1.03. The SMILES string of the molecule is CCCCCC(C)(C)Cn1cc(C)nc1NCCC. The van der Waals surface area contributed by atoms with Crippen molar-refractivity contribution in [3.63, 3.8) is 0 Å². The van der Waals surface area contributed by atoms with E-state index in [1.54, 1.807) is 0 Å². The lowest BCUT2D eigenvalue weighted by Gasteiger charge is -2.26. The smallest absolute Gasteiger partial charge is 0.203 e. The molecule has 0 spiro atoms. The van der Waals surface area contributed by atoms with Crippen LogP contribution in [0.15, 0.2) is 6.20 Å². The van der Waals surface area contributed by atoms with E-state index in [0.717, 1.165) is 31.2 Å². The van der Waals surface area contributed by atoms with Gasteiger partial charge < -0.3 is 9.88 Å². The second-order valence-electron chi connectivity index (χ2n) is 6.38. The zero-order valence-electron chi connectivity index (χ0n) is 13.4. The number of rotatable bonds is 9. The van der Waals surface area contributed by atoms with Gasteiger partial charge in [0, 0.05) is 19.3 Å². The summed E-state index contributed by atoms with van der Waals surface area (Å²) in [5.41, 5.74) is 1.44. The van der Waals surface area contributed by atoms with E-state index in [9.17, 15) is 0 Å². The number of imidazole rings is 1. The van der Waals surface area contributed by atoms with Gasteiger partial charge in [-0.3, -0.25) is 0 Å². The Morgan fingerprint density at radius 2 is 1.95 bits per heavy atom. The lowest BCUT2D eigenvalue weighted by molar-refractivity contribution is 0.273. The molecule has 1 N–H and O–H groups in total. The number of aromatic nitrogens is 2. The Labute approximate surface area is 118 Å². The van der Waals surface area contributed by atoms with Crippen molar-refractivity contribution in [3.8, 4) is 0 Å². The monoisotopic (exact) mass is 265 g/mol. The number of hydrogen-bond acceptors (Lipinski definition) is 2. The first-order valence-corrected chi connectivity index (χ1v) is 7.76. The molecule has 0 radical (unpaired) electrons. The first-order valence-electron chi connectivity index (χ1n) is 7.76. The van der Waals surface area contributed by atoms with E-state index in [4.69, 9.17) is 0 Å². The van der Waals surface area contributed by atoms with Crippen LogP contribution in [0.25, 0.3) is 0 Å². The second-order valence-corrected chi connectivity index (χ2v) is 6.38. The molecule has 0 aromatic carbocycles. The Morgan fingerprint density at radius 3 is 2.58 bits per heavy atom. The summed E-state index contributed by atoms with van der Waals surface area (Å²) >= 11 is 0. The fraction of sp³-hybridized carbons (Fsp3) is 0.812. The fourth-order valence-corrected chi connectivity index (χ4v) is 2.44.